The van der Waals surface area contributed by atoms with Crippen molar-refractivity contribution in [3.63, 3.8) is 0 Å². The molecule has 0 aliphatic heterocycles. The molecule has 0 aliphatic carbocycles. The highest BCUT2D eigenvalue weighted by Gasteiger charge is 2.14. The summed E-state index contributed by atoms with van der Waals surface area (Å²) in [7, 11) is 1.50. The van der Waals surface area contributed by atoms with Crippen LogP contribution in [0.25, 0.3) is 0 Å². The summed E-state index contributed by atoms with van der Waals surface area (Å²) in [6.07, 6.45) is 1.35. The van der Waals surface area contributed by atoms with Crippen molar-refractivity contribution >= 4 is 17.8 Å². The topological polar surface area (TPSA) is 115 Å². The van der Waals surface area contributed by atoms with Crippen LogP contribution in [0.5, 0.6) is 0 Å². The number of nitrogen functional groups attached to an aromatic ring is 1. The highest BCUT2D eigenvalue weighted by molar-refractivity contribution is 5.86. The number of carbonyl (C=O) groups is 2. The standard InChI is InChI=1S/C8H14N6O2/c1-5(7(16)10-2)12-6(15)3-14-4-11-8(9)13-14/h4-5H,3H2,1-2H3,(H2,9,13)(H,10,16)(H,12,15). The van der Waals surface area contributed by atoms with Crippen molar-refractivity contribution in [1.29, 1.82) is 0 Å². The lowest BCUT2D eigenvalue weighted by molar-refractivity contribution is -0.128. The third kappa shape index (κ3) is 3.23. The Morgan fingerprint density at radius 2 is 2.31 bits per heavy atom. The van der Waals surface area contributed by atoms with Crippen LogP contribution in [0.4, 0.5) is 5.95 Å². The van der Waals surface area contributed by atoms with Gasteiger partial charge in [-0.15, -0.1) is 5.10 Å². The van der Waals surface area contributed by atoms with Crippen molar-refractivity contribution in [2.24, 2.45) is 0 Å². The van der Waals surface area contributed by atoms with Crippen LogP contribution in [0.2, 0.25) is 0 Å². The Morgan fingerprint density at radius 3 is 2.81 bits per heavy atom. The fourth-order valence-electron chi connectivity index (χ4n) is 1.10. The molecule has 1 atom stereocenters. The van der Waals surface area contributed by atoms with Gasteiger partial charge >= 0.3 is 0 Å². The second-order valence-electron chi connectivity index (χ2n) is 3.20. The maximum atomic E-state index is 11.4. The third-order valence-electron chi connectivity index (χ3n) is 1.88. The van der Waals surface area contributed by atoms with Gasteiger partial charge in [0.25, 0.3) is 0 Å². The van der Waals surface area contributed by atoms with Gasteiger partial charge in [0, 0.05) is 7.05 Å². The van der Waals surface area contributed by atoms with Gasteiger partial charge in [-0.05, 0) is 6.92 Å². The smallest absolute Gasteiger partial charge is 0.242 e. The zero-order chi connectivity index (χ0) is 12.1. The second-order valence-corrected chi connectivity index (χ2v) is 3.20. The van der Waals surface area contributed by atoms with E-state index in [2.05, 4.69) is 20.7 Å². The fraction of sp³-hybridized carbons (Fsp3) is 0.500. The molecular formula is C8H14N6O2. The summed E-state index contributed by atoms with van der Waals surface area (Å²) in [5.41, 5.74) is 5.29. The van der Waals surface area contributed by atoms with Gasteiger partial charge in [-0.3, -0.25) is 9.59 Å². The molecule has 1 aromatic rings. The number of nitrogens with one attached hydrogen (secondary N) is 2. The Balaban J connectivity index is 2.45. The van der Waals surface area contributed by atoms with Gasteiger partial charge in [0.15, 0.2) is 0 Å². The zero-order valence-electron chi connectivity index (χ0n) is 9.10. The van der Waals surface area contributed by atoms with Crippen molar-refractivity contribution < 1.29 is 9.59 Å². The number of aromatic nitrogens is 3. The molecular weight excluding hydrogens is 212 g/mol. The zero-order valence-corrected chi connectivity index (χ0v) is 9.10. The summed E-state index contributed by atoms with van der Waals surface area (Å²) in [4.78, 5) is 26.2. The molecule has 88 valence electrons. The number of nitrogens with two attached hydrogens (primary N) is 1. The van der Waals surface area contributed by atoms with E-state index in [4.69, 9.17) is 5.73 Å². The first-order valence-electron chi connectivity index (χ1n) is 4.69. The molecule has 2 amide bonds. The predicted octanol–water partition coefficient (Wildman–Crippen LogP) is -1.89. The van der Waals surface area contributed by atoms with Gasteiger partial charge in [-0.1, -0.05) is 0 Å². The van der Waals surface area contributed by atoms with Crippen LogP contribution in [0.1, 0.15) is 6.92 Å². The van der Waals surface area contributed by atoms with Crippen LogP contribution in [0, 0.1) is 0 Å². The molecule has 0 aliphatic rings. The number of anilines is 1. The lowest BCUT2D eigenvalue weighted by Crippen LogP contribution is -2.44. The first-order chi connectivity index (χ1) is 7.52. The monoisotopic (exact) mass is 226 g/mol. The molecule has 1 heterocycles. The van der Waals surface area contributed by atoms with Gasteiger partial charge in [0.2, 0.25) is 17.8 Å². The summed E-state index contributed by atoms with van der Waals surface area (Å²) in [5, 5.41) is 8.68. The molecule has 0 fully saturated rings. The lowest BCUT2D eigenvalue weighted by Gasteiger charge is -2.11. The van der Waals surface area contributed by atoms with E-state index in [1.165, 1.54) is 18.1 Å². The predicted molar refractivity (Wildman–Crippen MR) is 56.1 cm³/mol. The quantitative estimate of drug-likeness (QED) is 0.555. The molecule has 0 aromatic carbocycles. The number of rotatable bonds is 4. The Bertz CT molecular complexity index is 388. The number of hydrogen-bond acceptors (Lipinski definition) is 5. The van der Waals surface area contributed by atoms with E-state index in [0.717, 1.165) is 0 Å². The van der Waals surface area contributed by atoms with Crippen molar-refractivity contribution in [2.75, 3.05) is 12.8 Å². The Labute approximate surface area is 92.2 Å². The molecule has 8 heteroatoms. The molecule has 8 nitrogen and oxygen atoms in total. The van der Waals surface area contributed by atoms with Crippen molar-refractivity contribution in [3.8, 4) is 0 Å². The summed E-state index contributed by atoms with van der Waals surface area (Å²) >= 11 is 0. The van der Waals surface area contributed by atoms with E-state index < -0.39 is 6.04 Å². The van der Waals surface area contributed by atoms with Crippen LogP contribution in [-0.2, 0) is 16.1 Å². The summed E-state index contributed by atoms with van der Waals surface area (Å²) in [5.74, 6) is -0.486. The first-order valence-corrected chi connectivity index (χ1v) is 4.69. The minimum atomic E-state index is -0.585. The summed E-state index contributed by atoms with van der Waals surface area (Å²) < 4.78 is 1.29. The fourth-order valence-corrected chi connectivity index (χ4v) is 1.10. The molecule has 0 bridgehead atoms. The minimum Gasteiger partial charge on any atom is -0.367 e. The Kier molecular flexibility index (Phi) is 3.81. The van der Waals surface area contributed by atoms with Gasteiger partial charge < -0.3 is 16.4 Å². The average molecular weight is 226 g/mol. The van der Waals surface area contributed by atoms with Crippen LogP contribution in [0.15, 0.2) is 6.33 Å². The highest BCUT2D eigenvalue weighted by Crippen LogP contribution is 1.90. The molecule has 1 rings (SSSR count). The number of nitrogens with zero attached hydrogens (tertiary/aromatic N) is 3. The molecule has 16 heavy (non-hydrogen) atoms. The summed E-state index contributed by atoms with van der Waals surface area (Å²) in [6, 6.07) is -0.585. The van der Waals surface area contributed by atoms with Gasteiger partial charge in [0.1, 0.15) is 18.9 Å². The number of hydrogen-bond donors (Lipinski definition) is 3. The molecule has 1 aromatic heterocycles. The number of likely N-dealkylation sites (N-methyl/N-ethyl adjacent to an activating group) is 1. The van der Waals surface area contributed by atoms with Gasteiger partial charge in [0.05, 0.1) is 0 Å². The first kappa shape index (κ1) is 12.0. The maximum Gasteiger partial charge on any atom is 0.242 e. The lowest BCUT2D eigenvalue weighted by atomic mass is 10.3. The molecule has 0 radical (unpaired) electrons. The number of amides is 2. The van der Waals surface area contributed by atoms with Crippen molar-refractivity contribution in [1.82, 2.24) is 25.4 Å². The SMILES string of the molecule is CNC(=O)C(C)NC(=O)Cn1cnc(N)n1. The van der Waals surface area contributed by atoms with E-state index in [1.807, 2.05) is 0 Å². The van der Waals surface area contributed by atoms with Crippen LogP contribution in [-0.4, -0.2) is 39.7 Å². The van der Waals surface area contributed by atoms with E-state index in [0.29, 0.717) is 0 Å². The van der Waals surface area contributed by atoms with Crippen LogP contribution in [0.3, 0.4) is 0 Å². The maximum absolute atomic E-state index is 11.4. The molecule has 0 saturated carbocycles. The second kappa shape index (κ2) is 5.10. The van der Waals surface area contributed by atoms with Crippen LogP contribution >= 0.6 is 0 Å². The normalized spacial score (nSPS) is 11.9. The van der Waals surface area contributed by atoms with E-state index in [-0.39, 0.29) is 24.3 Å². The van der Waals surface area contributed by atoms with E-state index >= 15 is 0 Å². The van der Waals surface area contributed by atoms with Crippen molar-refractivity contribution in [3.05, 3.63) is 6.33 Å². The van der Waals surface area contributed by atoms with Crippen molar-refractivity contribution in [2.45, 2.75) is 19.5 Å². The van der Waals surface area contributed by atoms with Crippen LogP contribution < -0.4 is 16.4 Å². The molecule has 1 unspecified atom stereocenters. The molecule has 4 N–H and O–H groups in total. The Hall–Kier alpha value is -2.12. The molecule has 0 spiro atoms. The van der Waals surface area contributed by atoms with E-state index in [9.17, 15) is 9.59 Å². The third-order valence-corrected chi connectivity index (χ3v) is 1.88. The van der Waals surface area contributed by atoms with Gasteiger partial charge in [-0.2, -0.15) is 0 Å². The average Bonchev–Trinajstić information content (AvgIpc) is 2.62. The minimum absolute atomic E-state index is 0.0223. The van der Waals surface area contributed by atoms with Gasteiger partial charge in [-0.25, -0.2) is 9.67 Å². The van der Waals surface area contributed by atoms with E-state index in [1.54, 1.807) is 6.92 Å². The highest BCUT2D eigenvalue weighted by atomic mass is 16.2. The summed E-state index contributed by atoms with van der Waals surface area (Å²) in [6.45, 7) is 1.57. The Morgan fingerprint density at radius 1 is 1.62 bits per heavy atom. The molecule has 0 saturated heterocycles. The largest absolute Gasteiger partial charge is 0.367 e. The number of carbonyl (C=O) groups excluding carboxylic acids is 2.